The van der Waals surface area contributed by atoms with Gasteiger partial charge in [0.05, 0.1) is 7.11 Å². The third-order valence-corrected chi connectivity index (χ3v) is 5.24. The Morgan fingerprint density at radius 3 is 2.72 bits per heavy atom. The Hall–Kier alpha value is -2.11. The first-order valence-corrected chi connectivity index (χ1v) is 9.48. The molecule has 2 heterocycles. The summed E-state index contributed by atoms with van der Waals surface area (Å²) in [6.07, 6.45) is 4.62. The lowest BCUT2D eigenvalue weighted by atomic mass is 10.2. The van der Waals surface area contributed by atoms with Gasteiger partial charge in [-0.1, -0.05) is 18.2 Å². The van der Waals surface area contributed by atoms with Crippen molar-refractivity contribution in [1.82, 2.24) is 9.80 Å². The fraction of sp³-hybridized carbons (Fsp3) is 0.350. The highest BCUT2D eigenvalue weighted by Crippen LogP contribution is 2.15. The minimum atomic E-state index is 0.111. The van der Waals surface area contributed by atoms with Crippen molar-refractivity contribution >= 4 is 23.3 Å². The van der Waals surface area contributed by atoms with Crippen molar-refractivity contribution in [3.63, 3.8) is 0 Å². The van der Waals surface area contributed by atoms with Gasteiger partial charge >= 0.3 is 0 Å². The van der Waals surface area contributed by atoms with Gasteiger partial charge in [0, 0.05) is 43.7 Å². The summed E-state index contributed by atoms with van der Waals surface area (Å²) >= 11 is 1.65. The molecule has 1 aliphatic heterocycles. The first kappa shape index (κ1) is 17.7. The zero-order valence-corrected chi connectivity index (χ0v) is 15.4. The molecule has 0 spiro atoms. The molecule has 0 unspecified atom stereocenters. The third kappa shape index (κ3) is 5.18. The van der Waals surface area contributed by atoms with Crippen molar-refractivity contribution in [2.75, 3.05) is 33.3 Å². The number of thiophene rings is 1. The Kier molecular flexibility index (Phi) is 6.25. The van der Waals surface area contributed by atoms with E-state index in [1.807, 2.05) is 40.6 Å². The SMILES string of the molecule is COc1ccc(CN2CCCN(C(=O)/C=C/c3cccs3)CC2)cc1. The zero-order valence-electron chi connectivity index (χ0n) is 14.6. The van der Waals surface area contributed by atoms with E-state index in [4.69, 9.17) is 4.74 Å². The van der Waals surface area contributed by atoms with Crippen LogP contribution in [0.15, 0.2) is 47.9 Å². The van der Waals surface area contributed by atoms with Gasteiger partial charge in [0.2, 0.25) is 5.91 Å². The number of carbonyl (C=O) groups excluding carboxylic acids is 1. The van der Waals surface area contributed by atoms with E-state index >= 15 is 0 Å². The van der Waals surface area contributed by atoms with Gasteiger partial charge in [-0.05, 0) is 41.6 Å². The smallest absolute Gasteiger partial charge is 0.246 e. The topological polar surface area (TPSA) is 32.8 Å². The molecule has 0 radical (unpaired) electrons. The molecular formula is C20H24N2O2S. The lowest BCUT2D eigenvalue weighted by Crippen LogP contribution is -2.34. The largest absolute Gasteiger partial charge is 0.497 e. The maximum absolute atomic E-state index is 12.4. The van der Waals surface area contributed by atoms with Gasteiger partial charge in [0.25, 0.3) is 0 Å². The number of nitrogens with zero attached hydrogens (tertiary/aromatic N) is 2. The Labute approximate surface area is 153 Å². The van der Waals surface area contributed by atoms with Crippen LogP contribution in [0.3, 0.4) is 0 Å². The van der Waals surface area contributed by atoms with Crippen LogP contribution in [0.4, 0.5) is 0 Å². The normalized spacial score (nSPS) is 16.1. The molecule has 1 aromatic heterocycles. The Balaban J connectivity index is 1.51. The molecule has 132 valence electrons. The summed E-state index contributed by atoms with van der Waals surface area (Å²) in [7, 11) is 1.68. The van der Waals surface area contributed by atoms with Gasteiger partial charge < -0.3 is 9.64 Å². The van der Waals surface area contributed by atoms with E-state index in [0.29, 0.717) is 0 Å². The molecule has 5 heteroatoms. The molecule has 4 nitrogen and oxygen atoms in total. The van der Waals surface area contributed by atoms with Crippen molar-refractivity contribution < 1.29 is 9.53 Å². The predicted molar refractivity (Wildman–Crippen MR) is 103 cm³/mol. The Morgan fingerprint density at radius 2 is 2.00 bits per heavy atom. The van der Waals surface area contributed by atoms with Gasteiger partial charge in [-0.25, -0.2) is 0 Å². The fourth-order valence-electron chi connectivity index (χ4n) is 2.98. The maximum atomic E-state index is 12.4. The second-order valence-corrected chi connectivity index (χ2v) is 7.13. The summed E-state index contributed by atoms with van der Waals surface area (Å²) < 4.78 is 5.21. The predicted octanol–water partition coefficient (Wildman–Crippen LogP) is 3.50. The molecule has 3 rings (SSSR count). The summed E-state index contributed by atoms with van der Waals surface area (Å²) in [5.41, 5.74) is 1.28. The van der Waals surface area contributed by atoms with E-state index in [1.54, 1.807) is 24.5 Å². The fourth-order valence-corrected chi connectivity index (χ4v) is 3.60. The number of hydrogen-bond acceptors (Lipinski definition) is 4. The van der Waals surface area contributed by atoms with Crippen LogP contribution in [-0.2, 0) is 11.3 Å². The Morgan fingerprint density at radius 1 is 1.16 bits per heavy atom. The molecular weight excluding hydrogens is 332 g/mol. The van der Waals surface area contributed by atoms with E-state index in [2.05, 4.69) is 17.0 Å². The van der Waals surface area contributed by atoms with Crippen LogP contribution in [0.2, 0.25) is 0 Å². The number of benzene rings is 1. The summed E-state index contributed by atoms with van der Waals surface area (Å²) in [5, 5.41) is 2.02. The maximum Gasteiger partial charge on any atom is 0.246 e. The molecule has 25 heavy (non-hydrogen) atoms. The number of hydrogen-bond donors (Lipinski definition) is 0. The molecule has 1 saturated heterocycles. The standard InChI is InChI=1S/C20H24N2O2S/c1-24-18-7-5-17(6-8-18)16-21-11-3-12-22(14-13-21)20(23)10-9-19-4-2-15-25-19/h2,4-10,15H,3,11-14,16H2,1H3/b10-9+. The van der Waals surface area contributed by atoms with Crippen molar-refractivity contribution in [3.05, 3.63) is 58.3 Å². The molecule has 1 amide bonds. The van der Waals surface area contributed by atoms with E-state index in [0.717, 1.165) is 49.8 Å². The lowest BCUT2D eigenvalue weighted by Gasteiger charge is -2.21. The number of rotatable bonds is 5. The second-order valence-electron chi connectivity index (χ2n) is 6.15. The molecule has 0 bridgehead atoms. The number of ether oxygens (including phenoxy) is 1. The van der Waals surface area contributed by atoms with Crippen molar-refractivity contribution in [2.24, 2.45) is 0 Å². The van der Waals surface area contributed by atoms with Crippen LogP contribution in [-0.4, -0.2) is 49.0 Å². The second kappa shape index (κ2) is 8.83. The van der Waals surface area contributed by atoms with Crippen molar-refractivity contribution in [3.8, 4) is 5.75 Å². The van der Waals surface area contributed by atoms with Gasteiger partial charge in [-0.2, -0.15) is 0 Å². The van der Waals surface area contributed by atoms with E-state index in [9.17, 15) is 4.79 Å². The average Bonchev–Trinajstić information content (AvgIpc) is 3.06. The lowest BCUT2D eigenvalue weighted by molar-refractivity contribution is -0.125. The number of methoxy groups -OCH3 is 1. The summed E-state index contributed by atoms with van der Waals surface area (Å²) in [4.78, 5) is 17.9. The highest BCUT2D eigenvalue weighted by molar-refractivity contribution is 7.10. The summed E-state index contributed by atoms with van der Waals surface area (Å²) in [6.45, 7) is 4.45. The van der Waals surface area contributed by atoms with E-state index in [1.165, 1.54) is 5.56 Å². The molecule has 0 saturated carbocycles. The van der Waals surface area contributed by atoms with Crippen molar-refractivity contribution in [2.45, 2.75) is 13.0 Å². The molecule has 1 fully saturated rings. The minimum Gasteiger partial charge on any atom is -0.497 e. The quantitative estimate of drug-likeness (QED) is 0.769. The van der Waals surface area contributed by atoms with Gasteiger partial charge in [-0.15, -0.1) is 11.3 Å². The van der Waals surface area contributed by atoms with Crippen LogP contribution in [0.5, 0.6) is 5.75 Å². The number of carbonyl (C=O) groups is 1. The summed E-state index contributed by atoms with van der Waals surface area (Å²) in [5.74, 6) is 0.994. The minimum absolute atomic E-state index is 0.111. The highest BCUT2D eigenvalue weighted by atomic mass is 32.1. The first-order chi connectivity index (χ1) is 12.2. The summed E-state index contributed by atoms with van der Waals surface area (Å²) in [6, 6.07) is 12.2. The monoisotopic (exact) mass is 356 g/mol. The third-order valence-electron chi connectivity index (χ3n) is 4.40. The van der Waals surface area contributed by atoms with E-state index in [-0.39, 0.29) is 5.91 Å². The zero-order chi connectivity index (χ0) is 17.5. The molecule has 0 atom stereocenters. The van der Waals surface area contributed by atoms with E-state index < -0.39 is 0 Å². The van der Waals surface area contributed by atoms with Crippen LogP contribution in [0.25, 0.3) is 6.08 Å². The molecule has 2 aromatic rings. The molecule has 1 aliphatic rings. The van der Waals surface area contributed by atoms with Gasteiger partial charge in [-0.3, -0.25) is 9.69 Å². The average molecular weight is 356 g/mol. The molecule has 0 aliphatic carbocycles. The van der Waals surface area contributed by atoms with Gasteiger partial charge in [0.1, 0.15) is 5.75 Å². The van der Waals surface area contributed by atoms with Crippen LogP contribution in [0.1, 0.15) is 16.9 Å². The van der Waals surface area contributed by atoms with Crippen LogP contribution in [0, 0.1) is 0 Å². The van der Waals surface area contributed by atoms with Crippen molar-refractivity contribution in [1.29, 1.82) is 0 Å². The number of amides is 1. The highest BCUT2D eigenvalue weighted by Gasteiger charge is 2.17. The first-order valence-electron chi connectivity index (χ1n) is 8.60. The Bertz CT molecular complexity index is 695. The van der Waals surface area contributed by atoms with Crippen LogP contribution < -0.4 is 4.74 Å². The molecule has 0 N–H and O–H groups in total. The van der Waals surface area contributed by atoms with Crippen LogP contribution >= 0.6 is 11.3 Å². The molecule has 1 aromatic carbocycles. The van der Waals surface area contributed by atoms with Gasteiger partial charge in [0.15, 0.2) is 0 Å².